The van der Waals surface area contributed by atoms with E-state index in [-0.39, 0.29) is 0 Å². The molecule has 25 heavy (non-hydrogen) atoms. The summed E-state index contributed by atoms with van der Waals surface area (Å²) in [5, 5.41) is 0. The Morgan fingerprint density at radius 1 is 1.20 bits per heavy atom. The van der Waals surface area contributed by atoms with Crippen LogP contribution in [-0.2, 0) is 0 Å². The zero-order valence-corrected chi connectivity index (χ0v) is 16.7. The van der Waals surface area contributed by atoms with E-state index in [0.29, 0.717) is 23.7 Å². The third kappa shape index (κ3) is 4.75. The first-order valence-electron chi connectivity index (χ1n) is 8.36. The van der Waals surface area contributed by atoms with Gasteiger partial charge in [-0.1, -0.05) is 31.5 Å². The third-order valence-electron chi connectivity index (χ3n) is 3.82. The summed E-state index contributed by atoms with van der Waals surface area (Å²) in [4.78, 5) is 14.8. The Balaban J connectivity index is 2.43. The maximum absolute atomic E-state index is 12.8. The predicted molar refractivity (Wildman–Crippen MR) is 105 cm³/mol. The van der Waals surface area contributed by atoms with E-state index in [1.165, 1.54) is 0 Å². The predicted octanol–water partition coefficient (Wildman–Crippen LogP) is 5.22. The van der Waals surface area contributed by atoms with Crippen LogP contribution in [0.25, 0.3) is 0 Å². The molecule has 2 aromatic rings. The van der Waals surface area contributed by atoms with E-state index < -0.39 is 5.97 Å². The van der Waals surface area contributed by atoms with Crippen LogP contribution in [0.4, 0.5) is 5.69 Å². The van der Waals surface area contributed by atoms with E-state index in [0.717, 1.165) is 28.6 Å². The molecule has 0 radical (unpaired) electrons. The Morgan fingerprint density at radius 3 is 2.48 bits per heavy atom. The van der Waals surface area contributed by atoms with Gasteiger partial charge in [0.05, 0.1) is 12.3 Å². The number of anilines is 1. The van der Waals surface area contributed by atoms with Crippen LogP contribution in [0.5, 0.6) is 11.5 Å². The number of para-hydroxylation sites is 1. The highest BCUT2D eigenvalue weighted by molar-refractivity contribution is 9.10. The number of esters is 1. The van der Waals surface area contributed by atoms with E-state index in [4.69, 9.17) is 9.47 Å². The van der Waals surface area contributed by atoms with E-state index in [1.807, 2.05) is 50.2 Å². The van der Waals surface area contributed by atoms with Crippen LogP contribution in [-0.4, -0.2) is 26.7 Å². The Hall–Kier alpha value is -2.01. The molecule has 0 aliphatic heterocycles. The highest BCUT2D eigenvalue weighted by Crippen LogP contribution is 2.38. The lowest BCUT2D eigenvalue weighted by Gasteiger charge is -2.22. The molecule has 0 saturated heterocycles. The minimum absolute atomic E-state index is 0.411. The highest BCUT2D eigenvalue weighted by atomic mass is 79.9. The first-order chi connectivity index (χ1) is 12.0. The number of hydrogen-bond acceptors (Lipinski definition) is 4. The van der Waals surface area contributed by atoms with Crippen molar-refractivity contribution in [2.75, 3.05) is 25.6 Å². The fraction of sp³-hybridized carbons (Fsp3) is 0.350. The number of rotatable bonds is 7. The van der Waals surface area contributed by atoms with Crippen LogP contribution in [0.15, 0.2) is 40.9 Å². The number of carbonyl (C=O) groups excluding carboxylic acids is 1. The van der Waals surface area contributed by atoms with Crippen molar-refractivity contribution in [2.24, 2.45) is 0 Å². The molecule has 2 rings (SSSR count). The summed E-state index contributed by atoms with van der Waals surface area (Å²) < 4.78 is 12.3. The van der Waals surface area contributed by atoms with Crippen molar-refractivity contribution < 1.29 is 14.3 Å². The Bertz CT molecular complexity index is 729. The van der Waals surface area contributed by atoms with Crippen molar-refractivity contribution in [3.05, 3.63) is 52.0 Å². The lowest BCUT2D eigenvalue weighted by atomic mass is 10.0. The highest BCUT2D eigenvalue weighted by Gasteiger charge is 2.23. The fourth-order valence-electron chi connectivity index (χ4n) is 2.63. The average molecular weight is 406 g/mol. The summed E-state index contributed by atoms with van der Waals surface area (Å²) in [6, 6.07) is 10.9. The van der Waals surface area contributed by atoms with Crippen LogP contribution < -0.4 is 14.4 Å². The quantitative estimate of drug-likeness (QED) is 0.359. The molecular weight excluding hydrogens is 382 g/mol. The molecular formula is C20H24BrNO3. The first kappa shape index (κ1) is 19.3. The van der Waals surface area contributed by atoms with Crippen LogP contribution in [0, 0.1) is 6.92 Å². The summed E-state index contributed by atoms with van der Waals surface area (Å²) in [6.45, 7) is 4.58. The van der Waals surface area contributed by atoms with Crippen molar-refractivity contribution in [1.82, 2.24) is 0 Å². The Morgan fingerprint density at radius 2 is 1.88 bits per heavy atom. The second-order valence-electron chi connectivity index (χ2n) is 6.00. The monoisotopic (exact) mass is 405 g/mol. The molecule has 0 amide bonds. The topological polar surface area (TPSA) is 38.8 Å². The van der Waals surface area contributed by atoms with Gasteiger partial charge >= 0.3 is 5.97 Å². The van der Waals surface area contributed by atoms with Crippen LogP contribution in [0.1, 0.15) is 35.7 Å². The van der Waals surface area contributed by atoms with Gasteiger partial charge in [0.2, 0.25) is 0 Å². The molecule has 0 unspecified atom stereocenters. The number of halogens is 1. The average Bonchev–Trinajstić information content (AvgIpc) is 2.55. The molecule has 0 fully saturated rings. The summed E-state index contributed by atoms with van der Waals surface area (Å²) in [5.74, 6) is 0.649. The van der Waals surface area contributed by atoms with E-state index in [2.05, 4.69) is 22.9 Å². The molecule has 0 heterocycles. The molecule has 0 aromatic heterocycles. The fourth-order valence-corrected chi connectivity index (χ4v) is 3.49. The van der Waals surface area contributed by atoms with E-state index in [1.54, 1.807) is 12.1 Å². The van der Waals surface area contributed by atoms with Gasteiger partial charge in [-0.3, -0.25) is 0 Å². The molecule has 5 heteroatoms. The normalized spacial score (nSPS) is 10.4. The maximum atomic E-state index is 12.8. The smallest absolute Gasteiger partial charge is 0.347 e. The van der Waals surface area contributed by atoms with Gasteiger partial charge in [-0.15, -0.1) is 0 Å². The molecule has 0 atom stereocenters. The van der Waals surface area contributed by atoms with Gasteiger partial charge in [0.1, 0.15) is 17.1 Å². The van der Waals surface area contributed by atoms with Crippen molar-refractivity contribution in [3.8, 4) is 11.5 Å². The van der Waals surface area contributed by atoms with Crippen LogP contribution in [0.3, 0.4) is 0 Å². The van der Waals surface area contributed by atoms with Crippen LogP contribution in [0.2, 0.25) is 0 Å². The summed E-state index contributed by atoms with van der Waals surface area (Å²) >= 11 is 3.58. The van der Waals surface area contributed by atoms with Gasteiger partial charge in [0.25, 0.3) is 0 Å². The number of nitrogens with zero attached hydrogens (tertiary/aromatic N) is 1. The first-order valence-corrected chi connectivity index (χ1v) is 9.15. The summed E-state index contributed by atoms with van der Waals surface area (Å²) in [6.07, 6.45) is 1.96. The Labute approximate surface area is 157 Å². The molecule has 0 aliphatic carbocycles. The number of hydrogen-bond donors (Lipinski definition) is 0. The van der Waals surface area contributed by atoms with Gasteiger partial charge in [0.15, 0.2) is 0 Å². The molecule has 0 saturated carbocycles. The van der Waals surface area contributed by atoms with Gasteiger partial charge in [0, 0.05) is 18.6 Å². The van der Waals surface area contributed by atoms with Crippen molar-refractivity contribution >= 4 is 27.6 Å². The zero-order valence-electron chi connectivity index (χ0n) is 15.1. The SMILES string of the molecule is CCCCOc1cc(Br)c(N(C)C)c(C)c1C(=O)Oc1ccccc1. The second kappa shape index (κ2) is 8.90. The van der Waals surface area contributed by atoms with Gasteiger partial charge in [-0.25, -0.2) is 4.79 Å². The molecule has 4 nitrogen and oxygen atoms in total. The van der Waals surface area contributed by atoms with Crippen molar-refractivity contribution in [2.45, 2.75) is 26.7 Å². The molecule has 134 valence electrons. The Kier molecular flexibility index (Phi) is 6.88. The van der Waals surface area contributed by atoms with Gasteiger partial charge < -0.3 is 14.4 Å². The molecule has 0 bridgehead atoms. The van der Waals surface area contributed by atoms with E-state index >= 15 is 0 Å². The minimum atomic E-state index is -0.411. The number of benzene rings is 2. The maximum Gasteiger partial charge on any atom is 0.347 e. The standard InChI is InChI=1S/C20H24BrNO3/c1-5-6-12-24-17-13-16(21)19(22(3)4)14(2)18(17)20(23)25-15-10-8-7-9-11-15/h7-11,13H,5-6,12H2,1-4H3. The van der Waals surface area contributed by atoms with Gasteiger partial charge in [-0.2, -0.15) is 0 Å². The molecule has 0 N–H and O–H groups in total. The largest absolute Gasteiger partial charge is 0.493 e. The number of ether oxygens (including phenoxy) is 2. The summed E-state index contributed by atoms with van der Waals surface area (Å²) in [5.41, 5.74) is 2.22. The lowest BCUT2D eigenvalue weighted by molar-refractivity contribution is 0.0729. The van der Waals surface area contributed by atoms with Crippen molar-refractivity contribution in [1.29, 1.82) is 0 Å². The molecule has 2 aromatic carbocycles. The minimum Gasteiger partial charge on any atom is -0.493 e. The third-order valence-corrected chi connectivity index (χ3v) is 4.43. The van der Waals surface area contributed by atoms with Crippen molar-refractivity contribution in [3.63, 3.8) is 0 Å². The molecule has 0 aliphatic rings. The molecule has 0 spiro atoms. The lowest BCUT2D eigenvalue weighted by Crippen LogP contribution is -2.18. The number of unbranched alkanes of at least 4 members (excludes halogenated alkanes) is 1. The number of carbonyl (C=O) groups is 1. The zero-order chi connectivity index (χ0) is 18.4. The van der Waals surface area contributed by atoms with E-state index in [9.17, 15) is 4.79 Å². The second-order valence-corrected chi connectivity index (χ2v) is 6.86. The summed E-state index contributed by atoms with van der Waals surface area (Å²) in [7, 11) is 3.88. The van der Waals surface area contributed by atoms with Gasteiger partial charge in [-0.05, 0) is 53.0 Å². The van der Waals surface area contributed by atoms with Crippen LogP contribution >= 0.6 is 15.9 Å².